The number of aromatic nitrogens is 2. The third-order valence-electron chi connectivity index (χ3n) is 4.49. The summed E-state index contributed by atoms with van der Waals surface area (Å²) in [7, 11) is 0. The quantitative estimate of drug-likeness (QED) is 0.693. The first-order chi connectivity index (χ1) is 12.8. The van der Waals surface area contributed by atoms with Crippen molar-refractivity contribution < 1.29 is 17.9 Å². The third kappa shape index (κ3) is 5.34. The van der Waals surface area contributed by atoms with Gasteiger partial charge in [0.25, 0.3) is 0 Å². The van der Waals surface area contributed by atoms with Crippen LogP contribution in [0.1, 0.15) is 50.7 Å². The minimum Gasteiger partial charge on any atom is -0.474 e. The fourth-order valence-corrected chi connectivity index (χ4v) is 3.20. The van der Waals surface area contributed by atoms with Crippen molar-refractivity contribution in [2.75, 3.05) is 5.32 Å². The van der Waals surface area contributed by atoms with Crippen LogP contribution < -0.4 is 10.1 Å². The first kappa shape index (κ1) is 19.5. The van der Waals surface area contributed by atoms with Gasteiger partial charge in [-0.05, 0) is 55.7 Å². The number of anilines is 2. The minimum absolute atomic E-state index is 0.0904. The van der Waals surface area contributed by atoms with Gasteiger partial charge in [0.05, 0.1) is 0 Å². The van der Waals surface area contributed by atoms with Crippen LogP contribution in [0.5, 0.6) is 5.88 Å². The van der Waals surface area contributed by atoms with Crippen LogP contribution in [0.2, 0.25) is 0 Å². The first-order valence-electron chi connectivity index (χ1n) is 9.28. The molecular weight excluding hydrogens is 355 g/mol. The van der Waals surface area contributed by atoms with Crippen molar-refractivity contribution in [1.29, 1.82) is 0 Å². The van der Waals surface area contributed by atoms with Gasteiger partial charge in [-0.25, -0.2) is 4.98 Å². The Hall–Kier alpha value is -2.31. The van der Waals surface area contributed by atoms with Gasteiger partial charge in [-0.15, -0.1) is 0 Å². The van der Waals surface area contributed by atoms with E-state index < -0.39 is 17.6 Å². The number of halogens is 3. The second kappa shape index (κ2) is 8.15. The summed E-state index contributed by atoms with van der Waals surface area (Å²) in [5.41, 5.74) is 0.982. The van der Waals surface area contributed by atoms with E-state index in [2.05, 4.69) is 29.1 Å². The fourth-order valence-electron chi connectivity index (χ4n) is 3.20. The van der Waals surface area contributed by atoms with Crippen LogP contribution in [0.25, 0.3) is 0 Å². The molecule has 0 amide bonds. The number of benzene rings is 1. The largest absolute Gasteiger partial charge is 0.474 e. The molecule has 1 N–H and O–H groups in total. The van der Waals surface area contributed by atoms with Gasteiger partial charge < -0.3 is 10.1 Å². The zero-order chi connectivity index (χ0) is 19.4. The maximum absolute atomic E-state index is 13.2. The molecule has 1 aliphatic rings. The summed E-state index contributed by atoms with van der Waals surface area (Å²) in [5, 5.41) is 2.96. The number of hydrogen-bond donors (Lipinski definition) is 1. The molecule has 1 saturated carbocycles. The van der Waals surface area contributed by atoms with Crippen molar-refractivity contribution in [3.05, 3.63) is 41.6 Å². The van der Waals surface area contributed by atoms with E-state index >= 15 is 0 Å². The van der Waals surface area contributed by atoms with Gasteiger partial charge in [0, 0.05) is 11.9 Å². The molecule has 0 atom stereocenters. The number of ether oxygens (including phenoxy) is 1. The molecule has 1 aliphatic carbocycles. The summed E-state index contributed by atoms with van der Waals surface area (Å²) in [6, 6.07) is 7.72. The van der Waals surface area contributed by atoms with Gasteiger partial charge in [-0.3, -0.25) is 0 Å². The van der Waals surface area contributed by atoms with Gasteiger partial charge in [0.15, 0.2) is 0 Å². The molecule has 1 heterocycles. The standard InChI is InChI=1S/C20H24F3N3O/c1-13(2)11-14-7-9-15(10-8-14)25-19-24-12-17(20(21,22)23)18(26-19)27-16-5-3-4-6-16/h7-10,12-13,16H,3-6,11H2,1-2H3,(H,24,25,26). The monoisotopic (exact) mass is 379 g/mol. The van der Waals surface area contributed by atoms with Crippen LogP contribution in [0.4, 0.5) is 24.8 Å². The number of hydrogen-bond acceptors (Lipinski definition) is 4. The topological polar surface area (TPSA) is 47.0 Å². The summed E-state index contributed by atoms with van der Waals surface area (Å²) in [5.74, 6) is 0.244. The van der Waals surface area contributed by atoms with Gasteiger partial charge in [-0.1, -0.05) is 26.0 Å². The molecule has 0 bridgehead atoms. The van der Waals surface area contributed by atoms with Crippen molar-refractivity contribution in [3.8, 4) is 5.88 Å². The van der Waals surface area contributed by atoms with Crippen LogP contribution >= 0.6 is 0 Å². The molecule has 4 nitrogen and oxygen atoms in total. The predicted molar refractivity (Wildman–Crippen MR) is 98.2 cm³/mol. The second-order valence-electron chi connectivity index (χ2n) is 7.35. The van der Waals surface area contributed by atoms with E-state index in [9.17, 15) is 13.2 Å². The molecule has 0 saturated heterocycles. The highest BCUT2D eigenvalue weighted by molar-refractivity contribution is 5.54. The number of nitrogens with zero attached hydrogens (tertiary/aromatic N) is 2. The Morgan fingerprint density at radius 2 is 1.81 bits per heavy atom. The van der Waals surface area contributed by atoms with Crippen molar-refractivity contribution in [3.63, 3.8) is 0 Å². The number of rotatable bonds is 6. The average molecular weight is 379 g/mol. The summed E-state index contributed by atoms with van der Waals surface area (Å²) >= 11 is 0. The Morgan fingerprint density at radius 1 is 1.15 bits per heavy atom. The van der Waals surface area contributed by atoms with Gasteiger partial charge >= 0.3 is 6.18 Å². The summed E-state index contributed by atoms with van der Waals surface area (Å²) < 4.78 is 45.3. The Bertz CT molecular complexity index is 754. The van der Waals surface area contributed by atoms with Crippen LogP contribution in [-0.4, -0.2) is 16.1 Å². The van der Waals surface area contributed by atoms with Crippen molar-refractivity contribution >= 4 is 11.6 Å². The Labute approximate surface area is 157 Å². The number of alkyl halides is 3. The third-order valence-corrected chi connectivity index (χ3v) is 4.49. The van der Waals surface area contributed by atoms with Gasteiger partial charge in [0.1, 0.15) is 11.7 Å². The van der Waals surface area contributed by atoms with E-state index in [1.54, 1.807) is 0 Å². The van der Waals surface area contributed by atoms with E-state index in [0.29, 0.717) is 11.6 Å². The van der Waals surface area contributed by atoms with Crippen LogP contribution in [0.3, 0.4) is 0 Å². The molecule has 1 aromatic carbocycles. The molecule has 1 fully saturated rings. The van der Waals surface area contributed by atoms with E-state index in [4.69, 9.17) is 4.74 Å². The van der Waals surface area contributed by atoms with Crippen LogP contribution in [0, 0.1) is 5.92 Å². The highest BCUT2D eigenvalue weighted by atomic mass is 19.4. The normalized spacial score (nSPS) is 15.3. The van der Waals surface area contributed by atoms with Crippen LogP contribution in [-0.2, 0) is 12.6 Å². The molecule has 146 valence electrons. The van der Waals surface area contributed by atoms with Crippen molar-refractivity contribution in [1.82, 2.24) is 9.97 Å². The Kier molecular flexibility index (Phi) is 5.87. The Morgan fingerprint density at radius 3 is 2.41 bits per heavy atom. The molecule has 1 aromatic heterocycles. The maximum atomic E-state index is 13.2. The lowest BCUT2D eigenvalue weighted by molar-refractivity contribution is -0.139. The smallest absolute Gasteiger partial charge is 0.423 e. The summed E-state index contributed by atoms with van der Waals surface area (Å²) in [4.78, 5) is 7.83. The summed E-state index contributed by atoms with van der Waals surface area (Å²) in [6.07, 6.45) is 0.413. The van der Waals surface area contributed by atoms with Gasteiger partial charge in [-0.2, -0.15) is 18.2 Å². The molecule has 0 spiro atoms. The highest BCUT2D eigenvalue weighted by Gasteiger charge is 2.37. The Balaban J connectivity index is 1.78. The molecule has 27 heavy (non-hydrogen) atoms. The molecule has 2 aromatic rings. The lowest BCUT2D eigenvalue weighted by atomic mass is 10.0. The SMILES string of the molecule is CC(C)Cc1ccc(Nc2ncc(C(F)(F)F)c(OC3CCCC3)n2)cc1. The molecule has 3 rings (SSSR count). The zero-order valence-electron chi connectivity index (χ0n) is 15.5. The number of nitrogens with one attached hydrogen (secondary N) is 1. The fraction of sp³-hybridized carbons (Fsp3) is 0.500. The molecule has 0 aliphatic heterocycles. The molecule has 7 heteroatoms. The zero-order valence-corrected chi connectivity index (χ0v) is 15.5. The summed E-state index contributed by atoms with van der Waals surface area (Å²) in [6.45, 7) is 4.29. The minimum atomic E-state index is -4.55. The molecule has 0 unspecified atom stereocenters. The first-order valence-corrected chi connectivity index (χ1v) is 9.28. The van der Waals surface area contributed by atoms with Crippen LogP contribution in [0.15, 0.2) is 30.5 Å². The molecule has 0 radical (unpaired) electrons. The lowest BCUT2D eigenvalue weighted by Crippen LogP contribution is -2.18. The van der Waals surface area contributed by atoms with E-state index in [1.165, 1.54) is 5.56 Å². The maximum Gasteiger partial charge on any atom is 0.423 e. The molecular formula is C20H24F3N3O. The predicted octanol–water partition coefficient (Wildman–Crippen LogP) is 5.76. The highest BCUT2D eigenvalue weighted by Crippen LogP contribution is 2.37. The van der Waals surface area contributed by atoms with E-state index in [0.717, 1.165) is 38.3 Å². The lowest BCUT2D eigenvalue weighted by Gasteiger charge is -2.17. The second-order valence-corrected chi connectivity index (χ2v) is 7.35. The van der Waals surface area contributed by atoms with E-state index in [1.807, 2.05) is 24.3 Å². The average Bonchev–Trinajstić information content (AvgIpc) is 3.08. The van der Waals surface area contributed by atoms with E-state index in [-0.39, 0.29) is 12.1 Å². The van der Waals surface area contributed by atoms with Crippen molar-refractivity contribution in [2.24, 2.45) is 5.92 Å². The van der Waals surface area contributed by atoms with Crippen molar-refractivity contribution in [2.45, 2.75) is 58.2 Å². The van der Waals surface area contributed by atoms with Gasteiger partial charge in [0.2, 0.25) is 11.8 Å².